The van der Waals surface area contributed by atoms with Crippen LogP contribution in [0.1, 0.15) is 52.4 Å². The molecule has 24 heavy (non-hydrogen) atoms. The van der Waals surface area contributed by atoms with Crippen LogP contribution >= 0.6 is 15.9 Å². The van der Waals surface area contributed by atoms with Crippen molar-refractivity contribution in [3.05, 3.63) is 34.1 Å². The molecule has 0 radical (unpaired) electrons. The molecule has 0 spiro atoms. The Morgan fingerprint density at radius 1 is 1.29 bits per heavy atom. The van der Waals surface area contributed by atoms with Gasteiger partial charge in [0.05, 0.1) is 24.2 Å². The number of halogens is 2. The Hall–Kier alpha value is -0.915. The molecular formula is C17H23BBrFO4. The van der Waals surface area contributed by atoms with Gasteiger partial charge in [-0.25, -0.2) is 4.39 Å². The molecule has 1 aliphatic heterocycles. The van der Waals surface area contributed by atoms with Gasteiger partial charge in [-0.2, -0.15) is 0 Å². The molecule has 0 aromatic heterocycles. The second kappa shape index (κ2) is 7.14. The molecule has 132 valence electrons. The number of rotatable bonds is 5. The van der Waals surface area contributed by atoms with E-state index in [-0.39, 0.29) is 13.0 Å². The Labute approximate surface area is 151 Å². The number of hydrogen-bond donors (Lipinski definition) is 0. The van der Waals surface area contributed by atoms with Crippen LogP contribution in [0.25, 0.3) is 0 Å². The minimum absolute atomic E-state index is 0.0236. The van der Waals surface area contributed by atoms with Gasteiger partial charge in [0.2, 0.25) is 0 Å². The second-order valence-electron chi connectivity index (χ2n) is 6.88. The third-order valence-electron chi connectivity index (χ3n) is 4.66. The summed E-state index contributed by atoms with van der Waals surface area (Å²) >= 11 is 3.38. The Morgan fingerprint density at radius 2 is 1.88 bits per heavy atom. The fourth-order valence-electron chi connectivity index (χ4n) is 2.65. The van der Waals surface area contributed by atoms with Crippen LogP contribution in [0.4, 0.5) is 4.39 Å². The van der Waals surface area contributed by atoms with Gasteiger partial charge in [0.25, 0.3) is 0 Å². The zero-order valence-electron chi connectivity index (χ0n) is 14.7. The molecule has 1 atom stereocenters. The van der Waals surface area contributed by atoms with Gasteiger partial charge in [-0.1, -0.05) is 22.0 Å². The Kier molecular flexibility index (Phi) is 5.77. The second-order valence-corrected chi connectivity index (χ2v) is 7.73. The molecular weight excluding hydrogens is 378 g/mol. The maximum absolute atomic E-state index is 14.5. The minimum atomic E-state index is -0.743. The van der Waals surface area contributed by atoms with E-state index in [1.165, 1.54) is 6.07 Å². The largest absolute Gasteiger partial charge is 0.466 e. The SMILES string of the molecule is CCOC(=O)CC(B1OC(C)(C)C(C)(C)O1)c1c(F)cccc1Br. The maximum atomic E-state index is 14.5. The van der Waals surface area contributed by atoms with Gasteiger partial charge in [0, 0.05) is 15.9 Å². The predicted molar refractivity (Wildman–Crippen MR) is 94.2 cm³/mol. The van der Waals surface area contributed by atoms with Crippen molar-refractivity contribution in [2.75, 3.05) is 6.61 Å². The Morgan fingerprint density at radius 3 is 2.38 bits per heavy atom. The van der Waals surface area contributed by atoms with Gasteiger partial charge in [-0.3, -0.25) is 4.79 Å². The lowest BCUT2D eigenvalue weighted by molar-refractivity contribution is -0.143. The van der Waals surface area contributed by atoms with E-state index in [0.29, 0.717) is 10.0 Å². The van der Waals surface area contributed by atoms with Crippen LogP contribution in [0.5, 0.6) is 0 Å². The minimum Gasteiger partial charge on any atom is -0.466 e. The molecule has 0 aliphatic carbocycles. The van der Waals surface area contributed by atoms with E-state index in [9.17, 15) is 9.18 Å². The highest BCUT2D eigenvalue weighted by Crippen LogP contribution is 2.43. The zero-order valence-corrected chi connectivity index (χ0v) is 16.3. The van der Waals surface area contributed by atoms with Crippen LogP contribution in [0, 0.1) is 5.82 Å². The summed E-state index contributed by atoms with van der Waals surface area (Å²) < 4.78 is 32.2. The third-order valence-corrected chi connectivity index (χ3v) is 5.35. The molecule has 1 unspecified atom stereocenters. The number of carbonyl (C=O) groups is 1. The average molecular weight is 401 g/mol. The van der Waals surface area contributed by atoms with Crippen molar-refractivity contribution in [1.29, 1.82) is 0 Å². The molecule has 1 fully saturated rings. The molecule has 7 heteroatoms. The van der Waals surface area contributed by atoms with Crippen molar-refractivity contribution in [3.8, 4) is 0 Å². The van der Waals surface area contributed by atoms with E-state index in [4.69, 9.17) is 14.0 Å². The molecule has 0 N–H and O–H groups in total. The van der Waals surface area contributed by atoms with Crippen LogP contribution in [0.15, 0.2) is 22.7 Å². The van der Waals surface area contributed by atoms with E-state index in [1.807, 2.05) is 27.7 Å². The summed E-state index contributed by atoms with van der Waals surface area (Å²) in [5.41, 5.74) is -0.769. The summed E-state index contributed by atoms with van der Waals surface area (Å²) in [6.45, 7) is 9.69. The first-order valence-electron chi connectivity index (χ1n) is 8.04. The van der Waals surface area contributed by atoms with Crippen LogP contribution in [-0.2, 0) is 18.8 Å². The summed E-state index contributed by atoms with van der Waals surface area (Å²) in [7, 11) is -0.743. The first-order valence-corrected chi connectivity index (χ1v) is 8.83. The summed E-state index contributed by atoms with van der Waals surface area (Å²) in [5.74, 6) is -1.43. The topological polar surface area (TPSA) is 44.8 Å². The Bertz CT molecular complexity index is 584. The smallest absolute Gasteiger partial charge is 0.466 e. The molecule has 1 saturated heterocycles. The van der Waals surface area contributed by atoms with Crippen molar-refractivity contribution in [2.45, 2.75) is 58.1 Å². The molecule has 1 aliphatic rings. The maximum Gasteiger partial charge on any atom is 0.466 e. The number of esters is 1. The molecule has 0 saturated carbocycles. The van der Waals surface area contributed by atoms with Crippen molar-refractivity contribution >= 4 is 29.0 Å². The third kappa shape index (κ3) is 3.84. The first-order chi connectivity index (χ1) is 11.1. The molecule has 2 rings (SSSR count). The lowest BCUT2D eigenvalue weighted by atomic mass is 9.66. The summed E-state index contributed by atoms with van der Waals surface area (Å²) in [6, 6.07) is 4.71. The van der Waals surface area contributed by atoms with Crippen LogP contribution < -0.4 is 0 Å². The molecule has 1 aromatic rings. The number of benzene rings is 1. The standard InChI is InChI=1S/C17H23BBrFO4/c1-6-22-14(21)10-11(15-12(19)8-7-9-13(15)20)18-23-16(2,3)17(4,5)24-18/h7-9,11H,6,10H2,1-5H3. The highest BCUT2D eigenvalue weighted by molar-refractivity contribution is 9.10. The number of ether oxygens (including phenoxy) is 1. The summed E-state index contributed by atoms with van der Waals surface area (Å²) in [4.78, 5) is 12.1. The lowest BCUT2D eigenvalue weighted by Gasteiger charge is -2.32. The van der Waals surface area contributed by atoms with Gasteiger partial charge in [0.15, 0.2) is 0 Å². The normalized spacial score (nSPS) is 20.0. The van der Waals surface area contributed by atoms with Crippen LogP contribution in [0.2, 0.25) is 0 Å². The number of carbonyl (C=O) groups excluding carboxylic acids is 1. The molecule has 1 heterocycles. The summed E-state index contributed by atoms with van der Waals surface area (Å²) in [5, 5.41) is 0. The highest BCUT2D eigenvalue weighted by atomic mass is 79.9. The molecule has 0 amide bonds. The lowest BCUT2D eigenvalue weighted by Crippen LogP contribution is -2.41. The fourth-order valence-corrected chi connectivity index (χ4v) is 3.29. The van der Waals surface area contributed by atoms with Gasteiger partial charge in [0.1, 0.15) is 5.82 Å². The van der Waals surface area contributed by atoms with Gasteiger partial charge in [-0.15, -0.1) is 0 Å². The predicted octanol–water partition coefficient (Wildman–Crippen LogP) is 4.26. The zero-order chi connectivity index (χ0) is 18.1. The van der Waals surface area contributed by atoms with Crippen LogP contribution in [0.3, 0.4) is 0 Å². The monoisotopic (exact) mass is 400 g/mol. The van der Waals surface area contributed by atoms with Gasteiger partial charge in [-0.05, 0) is 46.8 Å². The van der Waals surface area contributed by atoms with E-state index >= 15 is 0 Å². The van der Waals surface area contributed by atoms with E-state index in [2.05, 4.69) is 15.9 Å². The van der Waals surface area contributed by atoms with Crippen molar-refractivity contribution in [1.82, 2.24) is 0 Å². The van der Waals surface area contributed by atoms with Gasteiger partial charge < -0.3 is 14.0 Å². The first kappa shape index (κ1) is 19.4. The quantitative estimate of drug-likeness (QED) is 0.547. The summed E-state index contributed by atoms with van der Waals surface area (Å²) in [6.07, 6.45) is -0.0236. The molecule has 1 aromatic carbocycles. The van der Waals surface area contributed by atoms with Crippen molar-refractivity contribution in [2.24, 2.45) is 0 Å². The highest BCUT2D eigenvalue weighted by Gasteiger charge is 2.55. The molecule has 0 bridgehead atoms. The van der Waals surface area contributed by atoms with E-state index in [1.54, 1.807) is 19.1 Å². The van der Waals surface area contributed by atoms with Gasteiger partial charge >= 0.3 is 13.1 Å². The van der Waals surface area contributed by atoms with E-state index < -0.39 is 35.9 Å². The Balaban J connectivity index is 2.40. The van der Waals surface area contributed by atoms with Crippen molar-refractivity contribution < 1.29 is 23.2 Å². The molecule has 4 nitrogen and oxygen atoms in total. The van der Waals surface area contributed by atoms with Crippen molar-refractivity contribution in [3.63, 3.8) is 0 Å². The fraction of sp³-hybridized carbons (Fsp3) is 0.588. The van der Waals surface area contributed by atoms with Crippen LogP contribution in [-0.4, -0.2) is 30.9 Å². The van der Waals surface area contributed by atoms with E-state index in [0.717, 1.165) is 0 Å². The number of hydrogen-bond acceptors (Lipinski definition) is 4. The average Bonchev–Trinajstić information content (AvgIpc) is 2.66.